The fraction of sp³-hybridized carbons (Fsp3) is 0.357. The standard InChI is InChI=1S/C14H18BrN3/c1-2-14(11-3-5-12(15)6-4-11)17-8-7-13-9-16-10-18-13/h3-6,9-10,14,17H,2,7-8H2,1H3,(H,16,18). The van der Waals surface area contributed by atoms with E-state index in [1.54, 1.807) is 6.33 Å². The van der Waals surface area contributed by atoms with Crippen LogP contribution in [0.3, 0.4) is 0 Å². The zero-order chi connectivity index (χ0) is 12.8. The molecule has 1 atom stereocenters. The van der Waals surface area contributed by atoms with E-state index in [4.69, 9.17) is 0 Å². The topological polar surface area (TPSA) is 40.7 Å². The van der Waals surface area contributed by atoms with Crippen molar-refractivity contribution < 1.29 is 0 Å². The fourth-order valence-electron chi connectivity index (χ4n) is 2.00. The minimum Gasteiger partial charge on any atom is -0.348 e. The molecule has 0 aliphatic rings. The third-order valence-electron chi connectivity index (χ3n) is 3.02. The van der Waals surface area contributed by atoms with Crippen LogP contribution < -0.4 is 5.32 Å². The SMILES string of the molecule is CCC(NCCc1cnc[nH]1)c1ccc(Br)cc1. The minimum absolute atomic E-state index is 0.418. The van der Waals surface area contributed by atoms with Gasteiger partial charge in [0.25, 0.3) is 0 Å². The van der Waals surface area contributed by atoms with Gasteiger partial charge in [-0.25, -0.2) is 4.98 Å². The van der Waals surface area contributed by atoms with E-state index in [0.29, 0.717) is 6.04 Å². The minimum atomic E-state index is 0.418. The zero-order valence-corrected chi connectivity index (χ0v) is 12.1. The van der Waals surface area contributed by atoms with E-state index in [2.05, 4.69) is 62.4 Å². The Kier molecular flexibility index (Phi) is 4.96. The van der Waals surface area contributed by atoms with Crippen LogP contribution in [0.25, 0.3) is 0 Å². The lowest BCUT2D eigenvalue weighted by atomic mass is 10.0. The molecule has 18 heavy (non-hydrogen) atoms. The van der Waals surface area contributed by atoms with E-state index in [1.165, 1.54) is 11.3 Å². The number of benzene rings is 1. The van der Waals surface area contributed by atoms with Crippen LogP contribution in [0.1, 0.15) is 30.6 Å². The Bertz CT molecular complexity index is 450. The number of halogens is 1. The highest BCUT2D eigenvalue weighted by atomic mass is 79.9. The summed E-state index contributed by atoms with van der Waals surface area (Å²) in [4.78, 5) is 7.14. The molecular weight excluding hydrogens is 290 g/mol. The first-order valence-corrected chi connectivity index (χ1v) is 7.05. The van der Waals surface area contributed by atoms with E-state index >= 15 is 0 Å². The molecule has 0 radical (unpaired) electrons. The summed E-state index contributed by atoms with van der Waals surface area (Å²) in [7, 11) is 0. The Hall–Kier alpha value is -1.13. The predicted molar refractivity (Wildman–Crippen MR) is 77.5 cm³/mol. The van der Waals surface area contributed by atoms with Gasteiger partial charge in [0, 0.05) is 35.4 Å². The zero-order valence-electron chi connectivity index (χ0n) is 10.5. The number of nitrogens with one attached hydrogen (secondary N) is 2. The molecule has 0 amide bonds. The van der Waals surface area contributed by atoms with Crippen LogP contribution in [0, 0.1) is 0 Å². The summed E-state index contributed by atoms with van der Waals surface area (Å²) in [5.41, 5.74) is 2.51. The van der Waals surface area contributed by atoms with Crippen LogP contribution >= 0.6 is 15.9 Å². The van der Waals surface area contributed by atoms with Crippen molar-refractivity contribution in [2.24, 2.45) is 0 Å². The van der Waals surface area contributed by atoms with Gasteiger partial charge in [-0.15, -0.1) is 0 Å². The Morgan fingerprint density at radius 2 is 2.11 bits per heavy atom. The molecular formula is C14H18BrN3. The van der Waals surface area contributed by atoms with Gasteiger partial charge in [0.05, 0.1) is 6.33 Å². The number of rotatable bonds is 6. The monoisotopic (exact) mass is 307 g/mol. The maximum atomic E-state index is 4.02. The number of aromatic nitrogens is 2. The summed E-state index contributed by atoms with van der Waals surface area (Å²) < 4.78 is 1.12. The Morgan fingerprint density at radius 3 is 2.72 bits per heavy atom. The second kappa shape index (κ2) is 6.71. The molecule has 4 heteroatoms. The van der Waals surface area contributed by atoms with Crippen LogP contribution in [0.2, 0.25) is 0 Å². The van der Waals surface area contributed by atoms with Crippen molar-refractivity contribution >= 4 is 15.9 Å². The summed E-state index contributed by atoms with van der Waals surface area (Å²) >= 11 is 3.46. The summed E-state index contributed by atoms with van der Waals surface area (Å²) in [6.45, 7) is 3.16. The normalized spacial score (nSPS) is 12.6. The molecule has 1 unspecified atom stereocenters. The van der Waals surface area contributed by atoms with Crippen molar-refractivity contribution in [1.29, 1.82) is 0 Å². The lowest BCUT2D eigenvalue weighted by molar-refractivity contribution is 0.521. The van der Waals surface area contributed by atoms with Crippen molar-refractivity contribution in [1.82, 2.24) is 15.3 Å². The largest absolute Gasteiger partial charge is 0.348 e. The van der Waals surface area contributed by atoms with Gasteiger partial charge >= 0.3 is 0 Å². The molecule has 0 aliphatic carbocycles. The third-order valence-corrected chi connectivity index (χ3v) is 3.55. The quantitative estimate of drug-likeness (QED) is 0.858. The van der Waals surface area contributed by atoms with Crippen molar-refractivity contribution in [3.8, 4) is 0 Å². The molecule has 1 heterocycles. The number of hydrogen-bond donors (Lipinski definition) is 2. The maximum Gasteiger partial charge on any atom is 0.0921 e. The molecule has 2 aromatic rings. The van der Waals surface area contributed by atoms with Gasteiger partial charge in [-0.2, -0.15) is 0 Å². The van der Waals surface area contributed by atoms with E-state index in [9.17, 15) is 0 Å². The first kappa shape index (κ1) is 13.3. The number of nitrogens with zero attached hydrogens (tertiary/aromatic N) is 1. The van der Waals surface area contributed by atoms with E-state index in [1.807, 2.05) is 6.20 Å². The number of aromatic amines is 1. The fourth-order valence-corrected chi connectivity index (χ4v) is 2.26. The highest BCUT2D eigenvalue weighted by molar-refractivity contribution is 9.10. The molecule has 2 rings (SSSR count). The van der Waals surface area contributed by atoms with Crippen molar-refractivity contribution in [2.75, 3.05) is 6.54 Å². The Morgan fingerprint density at radius 1 is 1.33 bits per heavy atom. The summed E-state index contributed by atoms with van der Waals surface area (Å²) in [5, 5.41) is 3.58. The smallest absolute Gasteiger partial charge is 0.0921 e. The molecule has 0 saturated carbocycles. The molecule has 0 fully saturated rings. The van der Waals surface area contributed by atoms with Crippen LogP contribution in [-0.2, 0) is 6.42 Å². The first-order chi connectivity index (χ1) is 8.79. The van der Waals surface area contributed by atoms with Gasteiger partial charge in [-0.1, -0.05) is 35.0 Å². The lowest BCUT2D eigenvalue weighted by Crippen LogP contribution is -2.23. The second-order valence-corrected chi connectivity index (χ2v) is 5.21. The third kappa shape index (κ3) is 3.68. The molecule has 96 valence electrons. The van der Waals surface area contributed by atoms with Gasteiger partial charge in [0.15, 0.2) is 0 Å². The molecule has 0 saturated heterocycles. The molecule has 2 N–H and O–H groups in total. The lowest BCUT2D eigenvalue weighted by Gasteiger charge is -2.17. The van der Waals surface area contributed by atoms with Gasteiger partial charge in [-0.3, -0.25) is 0 Å². The van der Waals surface area contributed by atoms with Crippen molar-refractivity contribution in [2.45, 2.75) is 25.8 Å². The Balaban J connectivity index is 1.87. The predicted octanol–water partition coefficient (Wildman–Crippen LogP) is 3.46. The molecule has 0 bridgehead atoms. The van der Waals surface area contributed by atoms with E-state index in [0.717, 1.165) is 23.9 Å². The average molecular weight is 308 g/mol. The van der Waals surface area contributed by atoms with Gasteiger partial charge < -0.3 is 10.3 Å². The summed E-state index contributed by atoms with van der Waals surface area (Å²) in [6.07, 6.45) is 5.67. The van der Waals surface area contributed by atoms with Gasteiger partial charge in [0.2, 0.25) is 0 Å². The second-order valence-electron chi connectivity index (χ2n) is 4.29. The van der Waals surface area contributed by atoms with Crippen LogP contribution in [0.15, 0.2) is 41.3 Å². The van der Waals surface area contributed by atoms with Crippen LogP contribution in [0.5, 0.6) is 0 Å². The molecule has 3 nitrogen and oxygen atoms in total. The van der Waals surface area contributed by atoms with Crippen molar-refractivity contribution in [3.63, 3.8) is 0 Å². The maximum absolute atomic E-state index is 4.02. The number of hydrogen-bond acceptors (Lipinski definition) is 2. The molecule has 1 aromatic carbocycles. The first-order valence-electron chi connectivity index (χ1n) is 6.25. The van der Waals surface area contributed by atoms with E-state index < -0.39 is 0 Å². The highest BCUT2D eigenvalue weighted by Crippen LogP contribution is 2.19. The number of imidazole rings is 1. The van der Waals surface area contributed by atoms with Gasteiger partial charge in [0.1, 0.15) is 0 Å². The molecule has 1 aromatic heterocycles. The summed E-state index contributed by atoms with van der Waals surface area (Å²) in [5.74, 6) is 0. The average Bonchev–Trinajstić information content (AvgIpc) is 2.89. The van der Waals surface area contributed by atoms with Crippen LogP contribution in [0.4, 0.5) is 0 Å². The highest BCUT2D eigenvalue weighted by Gasteiger charge is 2.08. The Labute approximate surface area is 116 Å². The molecule has 0 aliphatic heterocycles. The van der Waals surface area contributed by atoms with Crippen molar-refractivity contribution in [3.05, 3.63) is 52.5 Å². The van der Waals surface area contributed by atoms with Gasteiger partial charge in [-0.05, 0) is 24.1 Å². The van der Waals surface area contributed by atoms with E-state index in [-0.39, 0.29) is 0 Å². The number of H-pyrrole nitrogens is 1. The summed E-state index contributed by atoms with van der Waals surface area (Å²) in [6, 6.07) is 8.94. The molecule has 0 spiro atoms. The van der Waals surface area contributed by atoms with Crippen LogP contribution in [-0.4, -0.2) is 16.5 Å².